The van der Waals surface area contributed by atoms with Crippen molar-refractivity contribution in [1.82, 2.24) is 5.32 Å². The van der Waals surface area contributed by atoms with Gasteiger partial charge in [-0.15, -0.1) is 0 Å². The number of furan rings is 1. The third-order valence-electron chi connectivity index (χ3n) is 2.97. The Morgan fingerprint density at radius 2 is 2.22 bits per heavy atom. The summed E-state index contributed by atoms with van der Waals surface area (Å²) < 4.78 is 5.11. The summed E-state index contributed by atoms with van der Waals surface area (Å²) in [7, 11) is 0. The number of aliphatic carboxylic acids is 1. The summed E-state index contributed by atoms with van der Waals surface area (Å²) >= 11 is 0. The fraction of sp³-hybridized carbons (Fsp3) is 0.538. The Labute approximate surface area is 106 Å². The molecule has 1 heterocycles. The summed E-state index contributed by atoms with van der Waals surface area (Å²) in [5.41, 5.74) is 0. The van der Waals surface area contributed by atoms with E-state index in [4.69, 9.17) is 9.52 Å². The van der Waals surface area contributed by atoms with Crippen LogP contribution in [0.25, 0.3) is 0 Å². The summed E-state index contributed by atoms with van der Waals surface area (Å²) in [6.07, 6.45) is 2.96. The highest BCUT2D eigenvalue weighted by molar-refractivity contribution is 5.83. The van der Waals surface area contributed by atoms with Crippen molar-refractivity contribution in [3.63, 3.8) is 0 Å². The standard InChI is InChI=1S/C13H19NO4/c1-3-9(2)12(13(16)17)14-11(15)7-6-10-5-4-8-18-10/h4-5,8-9,12H,3,6-7H2,1-2H3,(H,14,15)(H,16,17). The van der Waals surface area contributed by atoms with Crippen LogP contribution in [0.3, 0.4) is 0 Å². The summed E-state index contributed by atoms with van der Waals surface area (Å²) in [4.78, 5) is 22.7. The van der Waals surface area contributed by atoms with Crippen LogP contribution in [-0.4, -0.2) is 23.0 Å². The molecule has 0 aliphatic carbocycles. The van der Waals surface area contributed by atoms with Crippen molar-refractivity contribution < 1.29 is 19.1 Å². The fourth-order valence-corrected chi connectivity index (χ4v) is 1.62. The lowest BCUT2D eigenvalue weighted by Crippen LogP contribution is -2.45. The minimum absolute atomic E-state index is 0.0879. The smallest absolute Gasteiger partial charge is 0.326 e. The van der Waals surface area contributed by atoms with Crippen LogP contribution < -0.4 is 5.32 Å². The third kappa shape index (κ3) is 4.24. The first-order valence-corrected chi connectivity index (χ1v) is 6.09. The molecule has 0 aromatic carbocycles. The number of carbonyl (C=O) groups is 2. The molecule has 0 saturated carbocycles. The zero-order valence-corrected chi connectivity index (χ0v) is 10.7. The van der Waals surface area contributed by atoms with Crippen molar-refractivity contribution in [2.45, 2.75) is 39.2 Å². The third-order valence-corrected chi connectivity index (χ3v) is 2.97. The van der Waals surface area contributed by atoms with Crippen molar-refractivity contribution in [3.05, 3.63) is 24.2 Å². The molecule has 0 radical (unpaired) electrons. The molecule has 5 heteroatoms. The van der Waals surface area contributed by atoms with Gasteiger partial charge < -0.3 is 14.8 Å². The number of aryl methyl sites for hydroxylation is 1. The monoisotopic (exact) mass is 253 g/mol. The fourth-order valence-electron chi connectivity index (χ4n) is 1.62. The highest BCUT2D eigenvalue weighted by atomic mass is 16.4. The average Bonchev–Trinajstić information content (AvgIpc) is 2.85. The maximum absolute atomic E-state index is 11.7. The second-order valence-electron chi connectivity index (χ2n) is 4.35. The minimum Gasteiger partial charge on any atom is -0.480 e. The molecule has 1 aromatic rings. The van der Waals surface area contributed by atoms with E-state index in [9.17, 15) is 9.59 Å². The molecule has 2 unspecified atom stereocenters. The van der Waals surface area contributed by atoms with Gasteiger partial charge in [-0.25, -0.2) is 4.79 Å². The van der Waals surface area contributed by atoms with Gasteiger partial charge in [-0.2, -0.15) is 0 Å². The van der Waals surface area contributed by atoms with Crippen LogP contribution in [0.1, 0.15) is 32.4 Å². The van der Waals surface area contributed by atoms with E-state index >= 15 is 0 Å². The molecule has 2 atom stereocenters. The lowest BCUT2D eigenvalue weighted by molar-refractivity contribution is -0.143. The molecule has 0 fully saturated rings. The molecule has 2 N–H and O–H groups in total. The van der Waals surface area contributed by atoms with E-state index in [1.54, 1.807) is 18.4 Å². The maximum atomic E-state index is 11.7. The molecule has 0 bridgehead atoms. The Morgan fingerprint density at radius 1 is 1.50 bits per heavy atom. The first-order valence-electron chi connectivity index (χ1n) is 6.09. The zero-order valence-electron chi connectivity index (χ0n) is 10.7. The Morgan fingerprint density at radius 3 is 2.72 bits per heavy atom. The van der Waals surface area contributed by atoms with E-state index in [1.807, 2.05) is 13.8 Å². The molecule has 1 aromatic heterocycles. The molecule has 1 amide bonds. The molecule has 0 aliphatic rings. The van der Waals surface area contributed by atoms with Gasteiger partial charge in [0, 0.05) is 12.8 Å². The number of nitrogens with one attached hydrogen (secondary N) is 1. The minimum atomic E-state index is -0.990. The molecule has 0 aliphatic heterocycles. The van der Waals surface area contributed by atoms with Gasteiger partial charge in [-0.1, -0.05) is 20.3 Å². The average molecular weight is 253 g/mol. The van der Waals surface area contributed by atoms with E-state index in [0.29, 0.717) is 12.8 Å². The van der Waals surface area contributed by atoms with Crippen molar-refractivity contribution in [2.24, 2.45) is 5.92 Å². The Balaban J connectivity index is 2.44. The van der Waals surface area contributed by atoms with E-state index in [-0.39, 0.29) is 18.2 Å². The second-order valence-corrected chi connectivity index (χ2v) is 4.35. The van der Waals surface area contributed by atoms with Crippen molar-refractivity contribution >= 4 is 11.9 Å². The summed E-state index contributed by atoms with van der Waals surface area (Å²) in [6, 6.07) is 2.72. The topological polar surface area (TPSA) is 79.5 Å². The highest BCUT2D eigenvalue weighted by Crippen LogP contribution is 2.09. The molecule has 100 valence electrons. The molecular formula is C13H19NO4. The van der Waals surface area contributed by atoms with Gasteiger partial charge in [-0.05, 0) is 18.1 Å². The van der Waals surface area contributed by atoms with E-state index in [0.717, 1.165) is 5.76 Å². The van der Waals surface area contributed by atoms with Crippen LogP contribution in [0, 0.1) is 5.92 Å². The Bertz CT molecular complexity index is 386. The van der Waals surface area contributed by atoms with Gasteiger partial charge in [0.05, 0.1) is 6.26 Å². The maximum Gasteiger partial charge on any atom is 0.326 e. The zero-order chi connectivity index (χ0) is 13.5. The van der Waals surface area contributed by atoms with Crippen molar-refractivity contribution in [1.29, 1.82) is 0 Å². The number of hydrogen-bond acceptors (Lipinski definition) is 3. The first-order chi connectivity index (χ1) is 8.54. The van der Waals surface area contributed by atoms with Crippen LogP contribution in [0.5, 0.6) is 0 Å². The first kappa shape index (κ1) is 14.3. The van der Waals surface area contributed by atoms with E-state index < -0.39 is 12.0 Å². The predicted molar refractivity (Wildman–Crippen MR) is 66.1 cm³/mol. The largest absolute Gasteiger partial charge is 0.480 e. The van der Waals surface area contributed by atoms with Crippen LogP contribution in [0.2, 0.25) is 0 Å². The van der Waals surface area contributed by atoms with Crippen LogP contribution in [0.15, 0.2) is 22.8 Å². The predicted octanol–water partition coefficient (Wildman–Crippen LogP) is 1.83. The van der Waals surface area contributed by atoms with Gasteiger partial charge in [-0.3, -0.25) is 4.79 Å². The van der Waals surface area contributed by atoms with Crippen LogP contribution in [0.4, 0.5) is 0 Å². The highest BCUT2D eigenvalue weighted by Gasteiger charge is 2.24. The van der Waals surface area contributed by atoms with Gasteiger partial charge in [0.15, 0.2) is 0 Å². The quantitative estimate of drug-likeness (QED) is 0.777. The van der Waals surface area contributed by atoms with E-state index in [1.165, 1.54) is 0 Å². The number of carboxylic acids is 1. The number of carboxylic acid groups (broad SMARTS) is 1. The van der Waals surface area contributed by atoms with Gasteiger partial charge in [0.2, 0.25) is 5.91 Å². The lowest BCUT2D eigenvalue weighted by atomic mass is 9.99. The summed E-state index contributed by atoms with van der Waals surface area (Å²) in [5, 5.41) is 11.6. The number of rotatable bonds is 7. The second kappa shape index (κ2) is 6.83. The van der Waals surface area contributed by atoms with E-state index in [2.05, 4.69) is 5.32 Å². The number of carbonyl (C=O) groups excluding carboxylic acids is 1. The van der Waals surface area contributed by atoms with Crippen LogP contribution in [-0.2, 0) is 16.0 Å². The number of hydrogen-bond donors (Lipinski definition) is 2. The summed E-state index contributed by atoms with van der Waals surface area (Å²) in [6.45, 7) is 3.71. The van der Waals surface area contributed by atoms with Gasteiger partial charge >= 0.3 is 5.97 Å². The SMILES string of the molecule is CCC(C)C(NC(=O)CCc1ccco1)C(=O)O. The summed E-state index contributed by atoms with van der Waals surface area (Å²) in [5.74, 6) is -0.620. The van der Waals surface area contributed by atoms with Crippen LogP contribution >= 0.6 is 0 Å². The van der Waals surface area contributed by atoms with Crippen molar-refractivity contribution in [3.8, 4) is 0 Å². The Hall–Kier alpha value is -1.78. The molecular weight excluding hydrogens is 234 g/mol. The molecule has 18 heavy (non-hydrogen) atoms. The normalized spacial score (nSPS) is 13.9. The Kier molecular flexibility index (Phi) is 5.42. The lowest BCUT2D eigenvalue weighted by Gasteiger charge is -2.19. The van der Waals surface area contributed by atoms with Gasteiger partial charge in [0.1, 0.15) is 11.8 Å². The molecule has 5 nitrogen and oxygen atoms in total. The number of amides is 1. The van der Waals surface area contributed by atoms with Gasteiger partial charge in [0.25, 0.3) is 0 Å². The van der Waals surface area contributed by atoms with Crippen molar-refractivity contribution in [2.75, 3.05) is 0 Å². The molecule has 0 spiro atoms. The molecule has 1 rings (SSSR count). The molecule has 0 saturated heterocycles.